The summed E-state index contributed by atoms with van der Waals surface area (Å²) in [4.78, 5) is 18.9. The van der Waals surface area contributed by atoms with Gasteiger partial charge in [0.1, 0.15) is 11.0 Å². The van der Waals surface area contributed by atoms with Gasteiger partial charge >= 0.3 is 0 Å². The highest BCUT2D eigenvalue weighted by Gasteiger charge is 2.37. The molecule has 32 heavy (non-hydrogen) atoms. The van der Waals surface area contributed by atoms with E-state index >= 15 is 0 Å². The van der Waals surface area contributed by atoms with Crippen molar-refractivity contribution in [3.63, 3.8) is 0 Å². The third-order valence-electron chi connectivity index (χ3n) is 5.48. The van der Waals surface area contributed by atoms with E-state index < -0.39 is 16.1 Å². The molecule has 1 aliphatic heterocycles. The summed E-state index contributed by atoms with van der Waals surface area (Å²) in [5.41, 5.74) is 1.83. The zero-order valence-electron chi connectivity index (χ0n) is 17.6. The smallest absolute Gasteiger partial charge is 0.243 e. The Hall–Kier alpha value is -2.26. The van der Waals surface area contributed by atoms with E-state index in [1.54, 1.807) is 30.3 Å². The lowest BCUT2D eigenvalue weighted by Crippen LogP contribution is -2.51. The van der Waals surface area contributed by atoms with Crippen LogP contribution in [-0.4, -0.2) is 36.2 Å². The summed E-state index contributed by atoms with van der Waals surface area (Å²) in [5, 5.41) is 4.34. The minimum Gasteiger partial charge on any atom is -0.348 e. The second-order valence-corrected chi connectivity index (χ2v) is 11.3. The van der Waals surface area contributed by atoms with E-state index in [-0.39, 0.29) is 17.3 Å². The van der Waals surface area contributed by atoms with Gasteiger partial charge in [-0.2, -0.15) is 4.31 Å². The van der Waals surface area contributed by atoms with Crippen LogP contribution >= 0.6 is 22.9 Å². The Kier molecular flexibility index (Phi) is 6.95. The minimum absolute atomic E-state index is 0.211. The molecule has 2 heterocycles. The van der Waals surface area contributed by atoms with Crippen molar-refractivity contribution in [1.82, 2.24) is 14.6 Å². The van der Waals surface area contributed by atoms with Crippen LogP contribution in [0.4, 0.5) is 0 Å². The van der Waals surface area contributed by atoms with Crippen molar-refractivity contribution >= 4 is 38.9 Å². The average molecular weight is 490 g/mol. The number of aromatic nitrogens is 1. The molecule has 1 fully saturated rings. The quantitative estimate of drug-likeness (QED) is 0.547. The van der Waals surface area contributed by atoms with Crippen molar-refractivity contribution < 1.29 is 13.2 Å². The number of piperidine rings is 1. The standard InChI is InChI=1S/C23H24ClN3O3S2/c1-16-22(17-10-12-18(24)13-11-17)26-21(31-16)15-25-23(28)20-9-5-6-14-27(20)32(29,30)19-7-3-2-4-8-19/h2-4,7-8,10-13,20H,5-6,9,14-15H2,1H3,(H,25,28). The van der Waals surface area contributed by atoms with E-state index in [2.05, 4.69) is 10.3 Å². The molecule has 1 unspecified atom stereocenters. The number of hydrogen-bond acceptors (Lipinski definition) is 5. The first kappa shape index (κ1) is 22.9. The van der Waals surface area contributed by atoms with Crippen LogP contribution in [0, 0.1) is 6.92 Å². The molecule has 4 rings (SSSR count). The van der Waals surface area contributed by atoms with Crippen LogP contribution in [0.15, 0.2) is 59.5 Å². The fourth-order valence-electron chi connectivity index (χ4n) is 3.87. The first-order valence-electron chi connectivity index (χ1n) is 10.4. The van der Waals surface area contributed by atoms with Gasteiger partial charge in [0.2, 0.25) is 15.9 Å². The monoisotopic (exact) mass is 489 g/mol. The number of rotatable bonds is 6. The van der Waals surface area contributed by atoms with Gasteiger partial charge in [0, 0.05) is 22.0 Å². The van der Waals surface area contributed by atoms with E-state index in [9.17, 15) is 13.2 Å². The Morgan fingerprint density at radius 1 is 1.16 bits per heavy atom. The maximum absolute atomic E-state index is 13.1. The van der Waals surface area contributed by atoms with E-state index in [1.165, 1.54) is 15.6 Å². The number of hydrogen-bond donors (Lipinski definition) is 1. The van der Waals surface area contributed by atoms with Crippen molar-refractivity contribution in [3.05, 3.63) is 69.5 Å². The predicted octanol–water partition coefficient (Wildman–Crippen LogP) is 4.63. The number of aryl methyl sites for hydroxylation is 1. The number of halogens is 1. The van der Waals surface area contributed by atoms with Crippen molar-refractivity contribution in [2.75, 3.05) is 6.54 Å². The summed E-state index contributed by atoms with van der Waals surface area (Å²) in [6.07, 6.45) is 2.06. The average Bonchev–Trinajstić information content (AvgIpc) is 3.19. The Morgan fingerprint density at radius 2 is 1.88 bits per heavy atom. The molecule has 1 aliphatic rings. The molecule has 1 atom stereocenters. The van der Waals surface area contributed by atoms with Crippen LogP contribution < -0.4 is 5.32 Å². The highest BCUT2D eigenvalue weighted by Crippen LogP contribution is 2.29. The number of nitrogens with zero attached hydrogens (tertiary/aromatic N) is 2. The Morgan fingerprint density at radius 3 is 2.59 bits per heavy atom. The van der Waals surface area contributed by atoms with E-state index in [0.717, 1.165) is 34.0 Å². The second-order valence-electron chi connectivity index (χ2n) is 7.68. The molecule has 6 nitrogen and oxygen atoms in total. The molecule has 1 saturated heterocycles. The topological polar surface area (TPSA) is 79.4 Å². The summed E-state index contributed by atoms with van der Waals surface area (Å²) in [5.74, 6) is -0.287. The maximum atomic E-state index is 13.1. The van der Waals surface area contributed by atoms with Gasteiger partial charge < -0.3 is 5.32 Å². The Balaban J connectivity index is 1.47. The number of sulfonamides is 1. The number of carbonyl (C=O) groups excluding carboxylic acids is 1. The lowest BCUT2D eigenvalue weighted by molar-refractivity contribution is -0.125. The van der Waals surface area contributed by atoms with E-state index in [1.807, 2.05) is 31.2 Å². The van der Waals surface area contributed by atoms with Gasteiger partial charge in [-0.1, -0.05) is 48.4 Å². The summed E-state index contributed by atoms with van der Waals surface area (Å²) in [6, 6.07) is 15.0. The molecule has 1 aromatic heterocycles. The van der Waals surface area contributed by atoms with Crippen LogP contribution in [-0.2, 0) is 21.4 Å². The summed E-state index contributed by atoms with van der Waals surface area (Å²) >= 11 is 7.49. The van der Waals surface area contributed by atoms with Gasteiger partial charge in [-0.15, -0.1) is 11.3 Å². The van der Waals surface area contributed by atoms with E-state index in [4.69, 9.17) is 11.6 Å². The lowest BCUT2D eigenvalue weighted by atomic mass is 10.0. The van der Waals surface area contributed by atoms with Crippen LogP contribution in [0.1, 0.15) is 29.1 Å². The van der Waals surface area contributed by atoms with Gasteiger partial charge in [-0.05, 0) is 44.0 Å². The molecular formula is C23H24ClN3O3S2. The number of carbonyl (C=O) groups is 1. The van der Waals surface area contributed by atoms with Crippen molar-refractivity contribution in [2.24, 2.45) is 0 Å². The van der Waals surface area contributed by atoms with Gasteiger partial charge in [0.25, 0.3) is 0 Å². The maximum Gasteiger partial charge on any atom is 0.243 e. The number of nitrogens with one attached hydrogen (secondary N) is 1. The summed E-state index contributed by atoms with van der Waals surface area (Å²) in [6.45, 7) is 2.59. The molecule has 0 spiro atoms. The van der Waals surface area contributed by atoms with Gasteiger partial charge in [0.15, 0.2) is 0 Å². The van der Waals surface area contributed by atoms with E-state index in [0.29, 0.717) is 18.0 Å². The van der Waals surface area contributed by atoms with Crippen molar-refractivity contribution in [1.29, 1.82) is 0 Å². The Labute approximate surface area is 197 Å². The fourth-order valence-corrected chi connectivity index (χ4v) is 6.56. The largest absolute Gasteiger partial charge is 0.348 e. The van der Waals surface area contributed by atoms with Gasteiger partial charge in [-0.3, -0.25) is 4.79 Å². The van der Waals surface area contributed by atoms with Crippen molar-refractivity contribution in [2.45, 2.75) is 43.7 Å². The third kappa shape index (κ3) is 4.88. The highest BCUT2D eigenvalue weighted by atomic mass is 35.5. The molecular weight excluding hydrogens is 466 g/mol. The van der Waals surface area contributed by atoms with Crippen LogP contribution in [0.2, 0.25) is 5.02 Å². The molecule has 9 heteroatoms. The highest BCUT2D eigenvalue weighted by molar-refractivity contribution is 7.89. The van der Waals surface area contributed by atoms with Gasteiger partial charge in [0.05, 0.1) is 17.1 Å². The number of amides is 1. The van der Waals surface area contributed by atoms with Crippen LogP contribution in [0.3, 0.4) is 0 Å². The zero-order valence-corrected chi connectivity index (χ0v) is 20.0. The molecule has 1 amide bonds. The van der Waals surface area contributed by atoms with Gasteiger partial charge in [-0.25, -0.2) is 13.4 Å². The Bertz CT molecular complexity index is 1190. The normalized spacial score (nSPS) is 17.2. The first-order valence-corrected chi connectivity index (χ1v) is 13.1. The molecule has 168 valence electrons. The first-order chi connectivity index (χ1) is 15.4. The zero-order chi connectivity index (χ0) is 22.7. The number of benzene rings is 2. The molecule has 0 radical (unpaired) electrons. The summed E-state index contributed by atoms with van der Waals surface area (Å²) in [7, 11) is -3.73. The molecule has 0 bridgehead atoms. The minimum atomic E-state index is -3.73. The molecule has 2 aromatic carbocycles. The second kappa shape index (κ2) is 9.70. The molecule has 3 aromatic rings. The van der Waals surface area contributed by atoms with Crippen LogP contribution in [0.5, 0.6) is 0 Å². The molecule has 0 saturated carbocycles. The fraction of sp³-hybridized carbons (Fsp3) is 0.304. The predicted molar refractivity (Wildman–Crippen MR) is 127 cm³/mol. The molecule has 0 aliphatic carbocycles. The molecule has 1 N–H and O–H groups in total. The number of thiazole rings is 1. The van der Waals surface area contributed by atoms with Crippen LogP contribution in [0.25, 0.3) is 11.3 Å². The lowest BCUT2D eigenvalue weighted by Gasteiger charge is -2.33. The third-order valence-corrected chi connectivity index (χ3v) is 8.62. The SMILES string of the molecule is Cc1sc(CNC(=O)C2CCCCN2S(=O)(=O)c2ccccc2)nc1-c1ccc(Cl)cc1. The summed E-state index contributed by atoms with van der Waals surface area (Å²) < 4.78 is 27.6. The van der Waals surface area contributed by atoms with Crippen molar-refractivity contribution in [3.8, 4) is 11.3 Å².